The molecular weight excluding hydrogens is 234 g/mol. The summed E-state index contributed by atoms with van der Waals surface area (Å²) in [7, 11) is 0. The molecule has 18 heavy (non-hydrogen) atoms. The predicted molar refractivity (Wildman–Crippen MR) is 67.8 cm³/mol. The molecule has 0 fully saturated rings. The summed E-state index contributed by atoms with van der Waals surface area (Å²) in [5.41, 5.74) is 0. The van der Waals surface area contributed by atoms with Crippen LogP contribution in [0, 0.1) is 0 Å². The van der Waals surface area contributed by atoms with Crippen molar-refractivity contribution >= 4 is 11.8 Å². The Morgan fingerprint density at radius 1 is 1.39 bits per heavy atom. The normalized spacial score (nSPS) is 10.1. The van der Waals surface area contributed by atoms with E-state index in [4.69, 9.17) is 9.84 Å². The van der Waals surface area contributed by atoms with Crippen molar-refractivity contribution in [2.75, 3.05) is 18.5 Å². The summed E-state index contributed by atoms with van der Waals surface area (Å²) in [5, 5.41) is 11.6. The molecule has 0 aliphatic heterocycles. The van der Waals surface area contributed by atoms with Crippen LogP contribution >= 0.6 is 0 Å². The number of carbonyl (C=O) groups is 1. The maximum atomic E-state index is 10.3. The van der Waals surface area contributed by atoms with Crippen LogP contribution in [-0.2, 0) is 4.79 Å². The van der Waals surface area contributed by atoms with Crippen molar-refractivity contribution in [2.45, 2.75) is 32.6 Å². The van der Waals surface area contributed by atoms with Crippen molar-refractivity contribution < 1.29 is 14.6 Å². The van der Waals surface area contributed by atoms with E-state index in [0.29, 0.717) is 24.7 Å². The molecule has 0 aliphatic carbocycles. The van der Waals surface area contributed by atoms with Gasteiger partial charge in [0, 0.05) is 13.0 Å². The van der Waals surface area contributed by atoms with Gasteiger partial charge in [-0.25, -0.2) is 0 Å². The molecular formula is C12H19N3O3. The van der Waals surface area contributed by atoms with Crippen LogP contribution in [0.1, 0.15) is 32.6 Å². The standard InChI is InChI=1S/C12H19N3O3/c1-2-18-11-9-13-8-10(15-11)14-7-5-3-4-6-12(16)17/h8-9H,2-7H2,1H3,(H,14,15)(H,16,17). The van der Waals surface area contributed by atoms with Crippen molar-refractivity contribution in [1.82, 2.24) is 9.97 Å². The minimum absolute atomic E-state index is 0.236. The molecule has 0 aliphatic rings. The molecule has 0 unspecified atom stereocenters. The molecule has 0 saturated carbocycles. The van der Waals surface area contributed by atoms with Gasteiger partial charge < -0.3 is 15.2 Å². The van der Waals surface area contributed by atoms with E-state index in [1.165, 1.54) is 0 Å². The number of anilines is 1. The van der Waals surface area contributed by atoms with E-state index < -0.39 is 5.97 Å². The Kier molecular flexibility index (Phi) is 6.53. The fraction of sp³-hybridized carbons (Fsp3) is 0.583. The summed E-state index contributed by atoms with van der Waals surface area (Å²) in [6.45, 7) is 3.21. The largest absolute Gasteiger partial charge is 0.481 e. The lowest BCUT2D eigenvalue weighted by molar-refractivity contribution is -0.137. The van der Waals surface area contributed by atoms with Gasteiger partial charge in [0.15, 0.2) is 0 Å². The van der Waals surface area contributed by atoms with E-state index in [9.17, 15) is 4.79 Å². The molecule has 1 aromatic rings. The third-order valence-electron chi connectivity index (χ3n) is 2.28. The fourth-order valence-corrected chi connectivity index (χ4v) is 1.45. The number of aliphatic carboxylic acids is 1. The number of aromatic nitrogens is 2. The molecule has 0 saturated heterocycles. The Morgan fingerprint density at radius 2 is 2.22 bits per heavy atom. The van der Waals surface area contributed by atoms with E-state index in [1.807, 2.05) is 6.92 Å². The Morgan fingerprint density at radius 3 is 2.94 bits per heavy atom. The minimum Gasteiger partial charge on any atom is -0.481 e. The first-order valence-electron chi connectivity index (χ1n) is 6.13. The van der Waals surface area contributed by atoms with E-state index in [0.717, 1.165) is 19.4 Å². The lowest BCUT2D eigenvalue weighted by atomic mass is 10.2. The Labute approximate surface area is 106 Å². The summed E-state index contributed by atoms with van der Waals surface area (Å²) in [6, 6.07) is 0. The smallest absolute Gasteiger partial charge is 0.303 e. The SMILES string of the molecule is CCOc1cncc(NCCCCCC(=O)O)n1. The summed E-state index contributed by atoms with van der Waals surface area (Å²) in [5.74, 6) is 0.450. The maximum Gasteiger partial charge on any atom is 0.303 e. The van der Waals surface area contributed by atoms with Crippen LogP contribution in [0.25, 0.3) is 0 Å². The van der Waals surface area contributed by atoms with Crippen molar-refractivity contribution in [2.24, 2.45) is 0 Å². The molecule has 0 bridgehead atoms. The van der Waals surface area contributed by atoms with Gasteiger partial charge in [0.1, 0.15) is 5.82 Å². The molecule has 2 N–H and O–H groups in total. The van der Waals surface area contributed by atoms with Gasteiger partial charge >= 0.3 is 5.97 Å². The zero-order valence-electron chi connectivity index (χ0n) is 10.6. The van der Waals surface area contributed by atoms with Crippen LogP contribution in [-0.4, -0.2) is 34.2 Å². The topological polar surface area (TPSA) is 84.3 Å². The van der Waals surface area contributed by atoms with Crippen molar-refractivity contribution in [3.63, 3.8) is 0 Å². The van der Waals surface area contributed by atoms with Crippen LogP contribution in [0.2, 0.25) is 0 Å². The third kappa shape index (κ3) is 6.03. The molecule has 1 rings (SSSR count). The van der Waals surface area contributed by atoms with Gasteiger partial charge in [-0.3, -0.25) is 9.78 Å². The number of hydrogen-bond acceptors (Lipinski definition) is 5. The van der Waals surface area contributed by atoms with Gasteiger partial charge in [-0.1, -0.05) is 6.42 Å². The summed E-state index contributed by atoms with van der Waals surface area (Å²) >= 11 is 0. The Hall–Kier alpha value is -1.85. The van der Waals surface area contributed by atoms with Crippen molar-refractivity contribution in [1.29, 1.82) is 0 Å². The average Bonchev–Trinajstić information content (AvgIpc) is 2.34. The van der Waals surface area contributed by atoms with Gasteiger partial charge in [0.2, 0.25) is 5.88 Å². The van der Waals surface area contributed by atoms with E-state index in [-0.39, 0.29) is 6.42 Å². The second-order valence-corrected chi connectivity index (χ2v) is 3.81. The minimum atomic E-state index is -0.738. The lowest BCUT2D eigenvalue weighted by Crippen LogP contribution is -2.05. The number of nitrogens with one attached hydrogen (secondary N) is 1. The number of unbranched alkanes of at least 4 members (excludes halogenated alkanes) is 2. The molecule has 0 atom stereocenters. The van der Waals surface area contributed by atoms with E-state index >= 15 is 0 Å². The van der Waals surface area contributed by atoms with Crippen LogP contribution in [0.4, 0.5) is 5.82 Å². The maximum absolute atomic E-state index is 10.3. The van der Waals surface area contributed by atoms with E-state index in [1.54, 1.807) is 12.4 Å². The average molecular weight is 253 g/mol. The van der Waals surface area contributed by atoms with Gasteiger partial charge in [0.25, 0.3) is 0 Å². The molecule has 1 aromatic heterocycles. The molecule has 0 spiro atoms. The van der Waals surface area contributed by atoms with Gasteiger partial charge in [-0.15, -0.1) is 0 Å². The predicted octanol–water partition coefficient (Wildman–Crippen LogP) is 1.93. The molecule has 0 radical (unpaired) electrons. The molecule has 0 aromatic carbocycles. The highest BCUT2D eigenvalue weighted by Gasteiger charge is 1.99. The highest BCUT2D eigenvalue weighted by atomic mass is 16.5. The molecule has 1 heterocycles. The van der Waals surface area contributed by atoms with Gasteiger partial charge in [-0.2, -0.15) is 4.98 Å². The van der Waals surface area contributed by atoms with Gasteiger partial charge in [-0.05, 0) is 19.8 Å². The number of carboxylic acids is 1. The zero-order valence-corrected chi connectivity index (χ0v) is 10.6. The number of nitrogens with zero attached hydrogens (tertiary/aromatic N) is 2. The zero-order chi connectivity index (χ0) is 13.2. The molecule has 0 amide bonds. The lowest BCUT2D eigenvalue weighted by Gasteiger charge is -2.06. The second-order valence-electron chi connectivity index (χ2n) is 3.81. The molecule has 100 valence electrons. The monoisotopic (exact) mass is 253 g/mol. The van der Waals surface area contributed by atoms with Crippen molar-refractivity contribution in [3.8, 4) is 5.88 Å². The summed E-state index contributed by atoms with van der Waals surface area (Å²) < 4.78 is 5.24. The van der Waals surface area contributed by atoms with Crippen LogP contribution in [0.15, 0.2) is 12.4 Å². The second kappa shape index (κ2) is 8.27. The fourth-order valence-electron chi connectivity index (χ4n) is 1.45. The van der Waals surface area contributed by atoms with Crippen LogP contribution in [0.3, 0.4) is 0 Å². The first-order chi connectivity index (χ1) is 8.72. The summed E-state index contributed by atoms with van der Waals surface area (Å²) in [6.07, 6.45) is 5.95. The highest BCUT2D eigenvalue weighted by molar-refractivity contribution is 5.66. The molecule has 6 nitrogen and oxygen atoms in total. The van der Waals surface area contributed by atoms with Crippen LogP contribution < -0.4 is 10.1 Å². The number of rotatable bonds is 9. The van der Waals surface area contributed by atoms with Crippen molar-refractivity contribution in [3.05, 3.63) is 12.4 Å². The molecule has 6 heteroatoms. The van der Waals surface area contributed by atoms with Gasteiger partial charge in [0.05, 0.1) is 19.0 Å². The number of carboxylic acid groups (broad SMARTS) is 1. The quantitative estimate of drug-likeness (QED) is 0.654. The number of ether oxygens (including phenoxy) is 1. The third-order valence-corrected chi connectivity index (χ3v) is 2.28. The van der Waals surface area contributed by atoms with Crippen LogP contribution in [0.5, 0.6) is 5.88 Å². The number of hydrogen-bond donors (Lipinski definition) is 2. The first kappa shape index (κ1) is 14.2. The highest BCUT2D eigenvalue weighted by Crippen LogP contribution is 2.09. The Balaban J connectivity index is 2.18. The summed E-state index contributed by atoms with van der Waals surface area (Å²) in [4.78, 5) is 18.5. The van der Waals surface area contributed by atoms with E-state index in [2.05, 4.69) is 15.3 Å². The first-order valence-corrected chi connectivity index (χ1v) is 6.13. The Bertz CT molecular complexity index is 371.